The van der Waals surface area contributed by atoms with Crippen molar-refractivity contribution in [1.82, 2.24) is 5.32 Å². The molecule has 0 saturated carbocycles. The fourth-order valence-corrected chi connectivity index (χ4v) is 2.94. The molecule has 3 aromatic rings. The van der Waals surface area contributed by atoms with Crippen molar-refractivity contribution < 1.29 is 0 Å². The minimum Gasteiger partial charge on any atom is -0.306 e. The number of rotatable bonds is 5. The third kappa shape index (κ3) is 3.88. The fraction of sp³-hybridized carbons (Fsp3) is 0.182. The second-order valence-corrected chi connectivity index (χ2v) is 6.07. The highest BCUT2D eigenvalue weighted by Gasteiger charge is 2.08. The van der Waals surface area contributed by atoms with E-state index < -0.39 is 0 Å². The van der Waals surface area contributed by atoms with E-state index in [1.165, 1.54) is 27.5 Å². The van der Waals surface area contributed by atoms with E-state index >= 15 is 0 Å². The molecule has 0 unspecified atom stereocenters. The highest BCUT2D eigenvalue weighted by Crippen LogP contribution is 2.24. The van der Waals surface area contributed by atoms with Crippen LogP contribution in [0.3, 0.4) is 0 Å². The van der Waals surface area contributed by atoms with Crippen molar-refractivity contribution >= 4 is 16.8 Å². The number of hydrogen-bond donors (Lipinski definition) is 1. The first-order valence-electron chi connectivity index (χ1n) is 8.17. The van der Waals surface area contributed by atoms with Crippen LogP contribution in [0.5, 0.6) is 0 Å². The summed E-state index contributed by atoms with van der Waals surface area (Å²) in [5, 5.41) is 6.28. The average molecular weight is 301 g/mol. The van der Waals surface area contributed by atoms with Crippen molar-refractivity contribution in [2.75, 3.05) is 6.54 Å². The van der Waals surface area contributed by atoms with Crippen molar-refractivity contribution in [1.29, 1.82) is 0 Å². The molecule has 0 bridgehead atoms. The largest absolute Gasteiger partial charge is 0.306 e. The summed E-state index contributed by atoms with van der Waals surface area (Å²) in [5.41, 5.74) is 3.95. The first kappa shape index (κ1) is 15.5. The van der Waals surface area contributed by atoms with Gasteiger partial charge in [-0.15, -0.1) is 0 Å². The number of nitrogens with one attached hydrogen (secondary N) is 1. The molecular formula is C22H23N. The molecule has 3 aromatic carbocycles. The zero-order chi connectivity index (χ0) is 16.1. The lowest BCUT2D eigenvalue weighted by Gasteiger charge is -2.17. The van der Waals surface area contributed by atoms with E-state index in [4.69, 9.17) is 0 Å². The zero-order valence-corrected chi connectivity index (χ0v) is 13.8. The Morgan fingerprint density at radius 3 is 2.43 bits per heavy atom. The molecule has 0 aliphatic rings. The Morgan fingerprint density at radius 1 is 0.913 bits per heavy atom. The smallest absolute Gasteiger partial charge is 0.0300 e. The number of hydrogen-bond acceptors (Lipinski definition) is 1. The molecule has 0 heterocycles. The van der Waals surface area contributed by atoms with Crippen LogP contribution in [0.1, 0.15) is 31.0 Å². The summed E-state index contributed by atoms with van der Waals surface area (Å²) in [6.07, 6.45) is 2.24. The van der Waals surface area contributed by atoms with Gasteiger partial charge in [0.25, 0.3) is 0 Å². The molecule has 0 radical (unpaired) electrons. The standard InChI is InChI=1S/C22H23N/c1-17(15-19-9-4-3-5-10-19)16-23-18(2)21-14-8-12-20-11-6-7-13-22(20)21/h3-15,18,23H,16H2,1-2H3/t18-/m1/s1. The predicted octanol–water partition coefficient (Wildman–Crippen LogP) is 5.59. The van der Waals surface area contributed by atoms with Gasteiger partial charge in [0.1, 0.15) is 0 Å². The molecule has 23 heavy (non-hydrogen) atoms. The van der Waals surface area contributed by atoms with Crippen LogP contribution in [0, 0.1) is 0 Å². The van der Waals surface area contributed by atoms with Crippen LogP contribution >= 0.6 is 0 Å². The molecule has 1 atom stereocenters. The van der Waals surface area contributed by atoms with Gasteiger partial charge >= 0.3 is 0 Å². The lowest BCUT2D eigenvalue weighted by Crippen LogP contribution is -2.20. The van der Waals surface area contributed by atoms with E-state index in [-0.39, 0.29) is 0 Å². The van der Waals surface area contributed by atoms with Crippen molar-refractivity contribution in [3.8, 4) is 0 Å². The summed E-state index contributed by atoms with van der Waals surface area (Å²) in [7, 11) is 0. The Hall–Kier alpha value is -2.38. The summed E-state index contributed by atoms with van der Waals surface area (Å²) in [6, 6.07) is 25.9. The topological polar surface area (TPSA) is 12.0 Å². The normalized spacial score (nSPS) is 13.2. The molecule has 3 rings (SSSR count). The Kier molecular flexibility index (Phi) is 4.89. The molecular weight excluding hydrogens is 278 g/mol. The summed E-state index contributed by atoms with van der Waals surface area (Å²) < 4.78 is 0. The van der Waals surface area contributed by atoms with Gasteiger partial charge in [0.15, 0.2) is 0 Å². The molecule has 0 spiro atoms. The Labute approximate surface area is 138 Å². The van der Waals surface area contributed by atoms with Crippen LogP contribution in [0.25, 0.3) is 16.8 Å². The van der Waals surface area contributed by atoms with Gasteiger partial charge < -0.3 is 5.32 Å². The Morgan fingerprint density at radius 2 is 1.61 bits per heavy atom. The van der Waals surface area contributed by atoms with Gasteiger partial charge in [-0.3, -0.25) is 0 Å². The first-order valence-corrected chi connectivity index (χ1v) is 8.17. The van der Waals surface area contributed by atoms with Gasteiger partial charge in [-0.1, -0.05) is 84.4 Å². The minimum atomic E-state index is 0.320. The van der Waals surface area contributed by atoms with Crippen LogP contribution in [-0.4, -0.2) is 6.54 Å². The van der Waals surface area contributed by atoms with E-state index in [0.29, 0.717) is 6.04 Å². The van der Waals surface area contributed by atoms with E-state index in [1.54, 1.807) is 0 Å². The SMILES string of the molecule is CC(=Cc1ccccc1)CN[C@H](C)c1cccc2ccccc12. The van der Waals surface area contributed by atoms with Gasteiger partial charge in [0.05, 0.1) is 0 Å². The van der Waals surface area contributed by atoms with Gasteiger partial charge in [0.2, 0.25) is 0 Å². The summed E-state index contributed by atoms with van der Waals surface area (Å²) in [6.45, 7) is 5.30. The third-order valence-corrected chi connectivity index (χ3v) is 4.19. The van der Waals surface area contributed by atoms with Crippen LogP contribution in [-0.2, 0) is 0 Å². The highest BCUT2D eigenvalue weighted by molar-refractivity contribution is 5.86. The summed E-state index contributed by atoms with van der Waals surface area (Å²) >= 11 is 0. The van der Waals surface area contributed by atoms with Gasteiger partial charge in [-0.05, 0) is 35.7 Å². The molecule has 1 nitrogen and oxygen atoms in total. The molecule has 116 valence electrons. The lowest BCUT2D eigenvalue weighted by atomic mass is 9.99. The van der Waals surface area contributed by atoms with Crippen molar-refractivity contribution in [2.45, 2.75) is 19.9 Å². The molecule has 0 fully saturated rings. The monoisotopic (exact) mass is 301 g/mol. The molecule has 1 heteroatoms. The fourth-order valence-electron chi connectivity index (χ4n) is 2.94. The Balaban J connectivity index is 1.71. The van der Waals surface area contributed by atoms with Crippen LogP contribution < -0.4 is 5.32 Å². The molecule has 0 amide bonds. The van der Waals surface area contributed by atoms with Crippen molar-refractivity contribution in [3.05, 3.63) is 89.5 Å². The van der Waals surface area contributed by atoms with E-state index in [1.807, 2.05) is 6.07 Å². The van der Waals surface area contributed by atoms with Crippen molar-refractivity contribution in [3.63, 3.8) is 0 Å². The maximum atomic E-state index is 3.64. The maximum Gasteiger partial charge on any atom is 0.0300 e. The van der Waals surface area contributed by atoms with Gasteiger partial charge in [-0.2, -0.15) is 0 Å². The number of fused-ring (bicyclic) bond motifs is 1. The van der Waals surface area contributed by atoms with E-state index in [9.17, 15) is 0 Å². The first-order chi connectivity index (χ1) is 11.2. The van der Waals surface area contributed by atoms with Crippen LogP contribution in [0.2, 0.25) is 0 Å². The van der Waals surface area contributed by atoms with Crippen LogP contribution in [0.15, 0.2) is 78.4 Å². The Bertz CT molecular complexity index is 797. The molecule has 0 saturated heterocycles. The number of benzene rings is 3. The molecule has 0 aromatic heterocycles. The molecule has 1 N–H and O–H groups in total. The molecule has 0 aliphatic heterocycles. The predicted molar refractivity (Wildman–Crippen MR) is 100 cm³/mol. The second kappa shape index (κ2) is 7.26. The third-order valence-electron chi connectivity index (χ3n) is 4.19. The van der Waals surface area contributed by atoms with Gasteiger partial charge in [-0.25, -0.2) is 0 Å². The second-order valence-electron chi connectivity index (χ2n) is 6.07. The van der Waals surface area contributed by atoms with Gasteiger partial charge in [0, 0.05) is 12.6 Å². The quantitative estimate of drug-likeness (QED) is 0.647. The highest BCUT2D eigenvalue weighted by atomic mass is 14.9. The maximum absolute atomic E-state index is 3.64. The molecule has 0 aliphatic carbocycles. The van der Waals surface area contributed by atoms with Crippen LogP contribution in [0.4, 0.5) is 0 Å². The zero-order valence-electron chi connectivity index (χ0n) is 13.8. The van der Waals surface area contributed by atoms with E-state index in [2.05, 4.69) is 92.0 Å². The summed E-state index contributed by atoms with van der Waals surface area (Å²) in [4.78, 5) is 0. The summed E-state index contributed by atoms with van der Waals surface area (Å²) in [5.74, 6) is 0. The lowest BCUT2D eigenvalue weighted by molar-refractivity contribution is 0.612. The van der Waals surface area contributed by atoms with E-state index in [0.717, 1.165) is 6.54 Å². The average Bonchev–Trinajstić information content (AvgIpc) is 2.60. The minimum absolute atomic E-state index is 0.320. The van der Waals surface area contributed by atoms with Crippen molar-refractivity contribution in [2.24, 2.45) is 0 Å².